The molecule has 0 radical (unpaired) electrons. The summed E-state index contributed by atoms with van der Waals surface area (Å²) in [5.41, 5.74) is 1.21. The van der Waals surface area contributed by atoms with E-state index in [0.717, 1.165) is 0 Å². The lowest BCUT2D eigenvalue weighted by Crippen LogP contribution is -2.03. The van der Waals surface area contributed by atoms with Gasteiger partial charge in [0, 0.05) is 6.07 Å². The molecule has 0 saturated heterocycles. The van der Waals surface area contributed by atoms with E-state index in [1.807, 2.05) is 0 Å². The number of nitrogens with one attached hydrogen (secondary N) is 1. The summed E-state index contributed by atoms with van der Waals surface area (Å²) >= 11 is 0. The third kappa shape index (κ3) is 2.52. The molecule has 1 heterocycles. The molecule has 2 rings (SSSR count). The van der Waals surface area contributed by atoms with Gasteiger partial charge >= 0.3 is 0 Å². The van der Waals surface area contributed by atoms with Crippen LogP contribution in [-0.2, 0) is 6.54 Å². The van der Waals surface area contributed by atoms with Crippen molar-refractivity contribution in [2.24, 2.45) is 0 Å². The molecule has 86 valence electrons. The molecule has 0 aliphatic heterocycles. The first kappa shape index (κ1) is 11.0. The van der Waals surface area contributed by atoms with Gasteiger partial charge in [0.25, 0.3) is 0 Å². The van der Waals surface area contributed by atoms with Crippen molar-refractivity contribution in [3.63, 3.8) is 0 Å². The minimum absolute atomic E-state index is 0.387. The second kappa shape index (κ2) is 4.99. The second-order valence-corrected chi connectivity index (χ2v) is 3.22. The Morgan fingerprint density at radius 3 is 3.06 bits per heavy atom. The maximum Gasteiger partial charge on any atom is 0.213 e. The van der Waals surface area contributed by atoms with Crippen molar-refractivity contribution in [3.8, 4) is 11.8 Å². The summed E-state index contributed by atoms with van der Waals surface area (Å²) < 4.78 is 9.71. The lowest BCUT2D eigenvalue weighted by molar-refractivity contribution is 0.410. The zero-order chi connectivity index (χ0) is 12.1. The molecule has 0 amide bonds. The number of aromatic nitrogens is 2. The number of nitrogens with zero attached hydrogens (tertiary/aromatic N) is 3. The summed E-state index contributed by atoms with van der Waals surface area (Å²) in [5, 5.41) is 15.7. The smallest absolute Gasteiger partial charge is 0.213 e. The van der Waals surface area contributed by atoms with Gasteiger partial charge in [0.1, 0.15) is 11.8 Å². The Kier molecular flexibility index (Phi) is 3.21. The second-order valence-electron chi connectivity index (χ2n) is 3.22. The molecule has 0 aliphatic rings. The van der Waals surface area contributed by atoms with Crippen LogP contribution in [0.15, 0.2) is 29.1 Å². The van der Waals surface area contributed by atoms with Crippen molar-refractivity contribution < 1.29 is 9.26 Å². The average molecular weight is 230 g/mol. The Bertz CT molecular complexity index is 531. The fourth-order valence-corrected chi connectivity index (χ4v) is 1.34. The summed E-state index contributed by atoms with van der Waals surface area (Å²) in [5.74, 6) is 1.20. The topological polar surface area (TPSA) is 84.0 Å². The molecule has 2 aromatic rings. The van der Waals surface area contributed by atoms with Gasteiger partial charge in [0.05, 0.1) is 24.9 Å². The molecule has 0 unspecified atom stereocenters. The van der Waals surface area contributed by atoms with E-state index in [9.17, 15) is 0 Å². The van der Waals surface area contributed by atoms with Crippen LogP contribution in [0.1, 0.15) is 11.4 Å². The van der Waals surface area contributed by atoms with Crippen molar-refractivity contribution in [3.05, 3.63) is 36.0 Å². The van der Waals surface area contributed by atoms with Crippen molar-refractivity contribution in [1.82, 2.24) is 10.1 Å². The molecule has 1 N–H and O–H groups in total. The van der Waals surface area contributed by atoms with Crippen molar-refractivity contribution in [1.29, 1.82) is 5.26 Å². The Morgan fingerprint density at radius 1 is 1.53 bits per heavy atom. The van der Waals surface area contributed by atoms with Crippen LogP contribution in [0.3, 0.4) is 0 Å². The minimum Gasteiger partial charge on any atom is -0.497 e. The molecule has 0 bridgehead atoms. The number of anilines is 1. The van der Waals surface area contributed by atoms with E-state index in [-0.39, 0.29) is 0 Å². The van der Waals surface area contributed by atoms with Crippen LogP contribution >= 0.6 is 0 Å². The van der Waals surface area contributed by atoms with Crippen LogP contribution in [-0.4, -0.2) is 17.3 Å². The van der Waals surface area contributed by atoms with Gasteiger partial charge < -0.3 is 14.6 Å². The highest BCUT2D eigenvalue weighted by Gasteiger charge is 2.05. The first-order valence-corrected chi connectivity index (χ1v) is 4.90. The van der Waals surface area contributed by atoms with Crippen LogP contribution < -0.4 is 10.1 Å². The molecular weight excluding hydrogens is 220 g/mol. The van der Waals surface area contributed by atoms with Crippen LogP contribution in [0.2, 0.25) is 0 Å². The normalized spacial score (nSPS) is 9.65. The summed E-state index contributed by atoms with van der Waals surface area (Å²) in [6.07, 6.45) is 1.26. The van der Waals surface area contributed by atoms with Crippen molar-refractivity contribution >= 4 is 5.69 Å². The number of rotatable bonds is 4. The summed E-state index contributed by atoms with van der Waals surface area (Å²) in [4.78, 5) is 3.87. The quantitative estimate of drug-likeness (QED) is 0.858. The van der Waals surface area contributed by atoms with E-state index in [1.165, 1.54) is 6.39 Å². The number of nitriles is 1. The van der Waals surface area contributed by atoms with Gasteiger partial charge in [-0.1, -0.05) is 5.16 Å². The average Bonchev–Trinajstić information content (AvgIpc) is 2.89. The molecule has 0 fully saturated rings. The van der Waals surface area contributed by atoms with Gasteiger partial charge in [0.15, 0.2) is 5.82 Å². The standard InChI is InChI=1S/C11H10N4O2/c1-16-9-3-2-8(5-12)10(4-9)13-6-11-14-7-17-15-11/h2-4,7,13H,6H2,1H3. The van der Waals surface area contributed by atoms with Gasteiger partial charge in [-0.25, -0.2) is 0 Å². The Morgan fingerprint density at radius 2 is 2.41 bits per heavy atom. The van der Waals surface area contributed by atoms with Gasteiger partial charge in [-0.15, -0.1) is 0 Å². The third-order valence-corrected chi connectivity index (χ3v) is 2.19. The van der Waals surface area contributed by atoms with Crippen molar-refractivity contribution in [2.75, 3.05) is 12.4 Å². The molecule has 1 aromatic carbocycles. The Hall–Kier alpha value is -2.55. The molecule has 0 saturated carbocycles. The highest BCUT2D eigenvalue weighted by atomic mass is 16.5. The van der Waals surface area contributed by atoms with Crippen LogP contribution in [0.5, 0.6) is 5.75 Å². The fourth-order valence-electron chi connectivity index (χ4n) is 1.34. The van der Waals surface area contributed by atoms with Crippen molar-refractivity contribution in [2.45, 2.75) is 6.54 Å². The lowest BCUT2D eigenvalue weighted by atomic mass is 10.2. The molecular formula is C11H10N4O2. The van der Waals surface area contributed by atoms with E-state index >= 15 is 0 Å². The maximum absolute atomic E-state index is 8.96. The van der Waals surface area contributed by atoms with Gasteiger partial charge in [0.2, 0.25) is 6.39 Å². The summed E-state index contributed by atoms with van der Waals surface area (Å²) in [7, 11) is 1.57. The largest absolute Gasteiger partial charge is 0.497 e. The van der Waals surface area contributed by atoms with Crippen LogP contribution in [0, 0.1) is 11.3 Å². The van der Waals surface area contributed by atoms with E-state index in [1.54, 1.807) is 25.3 Å². The van der Waals surface area contributed by atoms with E-state index in [2.05, 4.69) is 26.0 Å². The van der Waals surface area contributed by atoms with Crippen LogP contribution in [0.25, 0.3) is 0 Å². The molecule has 6 nitrogen and oxygen atoms in total. The zero-order valence-corrected chi connectivity index (χ0v) is 9.17. The van der Waals surface area contributed by atoms with Crippen LogP contribution in [0.4, 0.5) is 5.69 Å². The Labute approximate surface area is 97.8 Å². The number of benzene rings is 1. The summed E-state index contributed by atoms with van der Waals surface area (Å²) in [6, 6.07) is 7.27. The fraction of sp³-hybridized carbons (Fsp3) is 0.182. The van der Waals surface area contributed by atoms with E-state index in [4.69, 9.17) is 10.00 Å². The first-order valence-electron chi connectivity index (χ1n) is 4.90. The highest BCUT2D eigenvalue weighted by Crippen LogP contribution is 2.22. The molecule has 0 atom stereocenters. The van der Waals surface area contributed by atoms with Gasteiger partial charge in [-0.3, -0.25) is 0 Å². The monoisotopic (exact) mass is 230 g/mol. The van der Waals surface area contributed by atoms with Gasteiger partial charge in [-0.05, 0) is 12.1 Å². The number of ether oxygens (including phenoxy) is 1. The zero-order valence-electron chi connectivity index (χ0n) is 9.17. The third-order valence-electron chi connectivity index (χ3n) is 2.19. The predicted octanol–water partition coefficient (Wildman–Crippen LogP) is 1.56. The predicted molar refractivity (Wildman–Crippen MR) is 59.3 cm³/mol. The number of hydrogen-bond donors (Lipinski definition) is 1. The molecule has 6 heteroatoms. The Balaban J connectivity index is 2.16. The summed E-state index contributed by atoms with van der Waals surface area (Å²) in [6.45, 7) is 0.387. The molecule has 0 spiro atoms. The molecule has 1 aromatic heterocycles. The van der Waals surface area contributed by atoms with E-state index in [0.29, 0.717) is 29.4 Å². The highest BCUT2D eigenvalue weighted by molar-refractivity contribution is 5.60. The molecule has 17 heavy (non-hydrogen) atoms. The van der Waals surface area contributed by atoms with E-state index < -0.39 is 0 Å². The SMILES string of the molecule is COc1ccc(C#N)c(NCc2ncon2)c1. The number of hydrogen-bond acceptors (Lipinski definition) is 6. The first-order chi connectivity index (χ1) is 8.33. The number of methoxy groups -OCH3 is 1. The minimum atomic E-state index is 0.387. The maximum atomic E-state index is 8.96. The molecule has 0 aliphatic carbocycles. The lowest BCUT2D eigenvalue weighted by Gasteiger charge is -2.07. The van der Waals surface area contributed by atoms with Gasteiger partial charge in [-0.2, -0.15) is 10.2 Å².